The van der Waals surface area contributed by atoms with Gasteiger partial charge >= 0.3 is 11.9 Å². The number of carbonyl (C=O) groups is 2. The van der Waals surface area contributed by atoms with Gasteiger partial charge in [-0.3, -0.25) is 9.59 Å². The number of methoxy groups -OCH3 is 1. The number of hydrogen-bond acceptors (Lipinski definition) is 12. The van der Waals surface area contributed by atoms with Crippen LogP contribution in [0.2, 0.25) is 20.1 Å². The molecule has 2 heterocycles. The van der Waals surface area contributed by atoms with Gasteiger partial charge in [-0.25, -0.2) is 9.97 Å². The van der Waals surface area contributed by atoms with E-state index < -0.39 is 0 Å². The zero-order valence-corrected chi connectivity index (χ0v) is 38.6. The third kappa shape index (κ3) is 14.1. The summed E-state index contributed by atoms with van der Waals surface area (Å²) < 4.78 is 15.6. The number of carbonyl (C=O) groups excluding carboxylic acids is 2. The molecule has 0 aliphatic carbocycles. The van der Waals surface area contributed by atoms with Crippen molar-refractivity contribution in [1.82, 2.24) is 9.97 Å². The fourth-order valence-electron chi connectivity index (χ4n) is 6.03. The van der Waals surface area contributed by atoms with Gasteiger partial charge in [0.25, 0.3) is 0 Å². The Balaban J connectivity index is 0.000000231. The summed E-state index contributed by atoms with van der Waals surface area (Å²) in [5.74, 6) is -0.474. The first-order valence-electron chi connectivity index (χ1n) is 19.4. The molecular weight excluding hydrogens is 898 g/mol. The molecule has 0 fully saturated rings. The molecule has 2 aromatic heterocycles. The van der Waals surface area contributed by atoms with Crippen LogP contribution >= 0.6 is 69.1 Å². The molecule has 0 aliphatic heterocycles. The van der Waals surface area contributed by atoms with Gasteiger partial charge < -0.3 is 29.1 Å². The van der Waals surface area contributed by atoms with Gasteiger partial charge in [-0.05, 0) is 49.2 Å². The summed E-state index contributed by atoms with van der Waals surface area (Å²) in [5, 5.41) is 13.3. The lowest BCUT2D eigenvalue weighted by molar-refractivity contribution is -0.143. The van der Waals surface area contributed by atoms with Crippen LogP contribution in [-0.4, -0.2) is 60.4 Å². The predicted molar refractivity (Wildman–Crippen MR) is 249 cm³/mol. The summed E-state index contributed by atoms with van der Waals surface area (Å²) in [6, 6.07) is 30.8. The molecule has 6 aromatic rings. The molecule has 0 radical (unpaired) electrons. The number of benzene rings is 4. The van der Waals surface area contributed by atoms with E-state index in [1.54, 1.807) is 50.5 Å². The van der Waals surface area contributed by atoms with Crippen LogP contribution < -0.4 is 9.80 Å². The van der Waals surface area contributed by atoms with Crippen LogP contribution in [0.15, 0.2) is 97.1 Å². The van der Waals surface area contributed by atoms with Gasteiger partial charge in [-0.15, -0.1) is 0 Å². The maximum atomic E-state index is 12.0. The number of thiazole rings is 2. The Bertz CT molecular complexity index is 2330. The number of aromatic nitrogens is 2. The van der Waals surface area contributed by atoms with Crippen LogP contribution in [0.25, 0.3) is 22.5 Å². The van der Waals surface area contributed by atoms with Crippen LogP contribution in [0, 0.1) is 0 Å². The first kappa shape index (κ1) is 47.8. The van der Waals surface area contributed by atoms with E-state index in [0.717, 1.165) is 42.8 Å². The average Bonchev–Trinajstić information content (AvgIpc) is 3.89. The Morgan fingerprint density at radius 3 is 1.44 bits per heavy atom. The molecule has 0 aliphatic rings. The second kappa shape index (κ2) is 24.4. The van der Waals surface area contributed by atoms with E-state index >= 15 is 0 Å². The van der Waals surface area contributed by atoms with Gasteiger partial charge in [-0.2, -0.15) is 0 Å². The standard InChI is InChI=1S/C23H24Cl2N2O3S.C22H22Cl2N2O3S/c1-3-30-21(28)11-12-27(14-16-7-5-4-6-8-16)23-26-22(20(31-23)15-29-2)17-9-10-18(24)19(25)13-17;1-2-29-20(28)10-11-26(13-15-6-4-3-5-7-15)22-25-21(19(14-27)30-22)16-8-9-17(23)18(24)12-16/h4-10,13H,3,11-12,14-15H2,1-2H3;3-9,12,27H,2,10-11,13-14H2,1H3. The van der Waals surface area contributed by atoms with Gasteiger partial charge in [0.05, 0.1) is 80.5 Å². The molecule has 0 bridgehead atoms. The molecule has 0 unspecified atom stereocenters. The minimum atomic E-state index is -0.251. The molecule has 0 amide bonds. The number of esters is 2. The molecule has 61 heavy (non-hydrogen) atoms. The van der Waals surface area contributed by atoms with Crippen molar-refractivity contribution in [2.75, 3.05) is 43.2 Å². The highest BCUT2D eigenvalue weighted by atomic mass is 35.5. The number of aliphatic hydroxyl groups is 1. The van der Waals surface area contributed by atoms with Crippen LogP contribution in [-0.2, 0) is 50.1 Å². The van der Waals surface area contributed by atoms with E-state index in [1.165, 1.54) is 11.3 Å². The Kier molecular flexibility index (Phi) is 19.1. The van der Waals surface area contributed by atoms with Gasteiger partial charge in [-0.1, -0.05) is 142 Å². The number of nitrogens with zero attached hydrogens (tertiary/aromatic N) is 4. The topological polar surface area (TPSA) is 114 Å². The van der Waals surface area contributed by atoms with Crippen molar-refractivity contribution < 1.29 is 28.9 Å². The second-order valence-electron chi connectivity index (χ2n) is 13.3. The summed E-state index contributed by atoms with van der Waals surface area (Å²) in [6.45, 7) is 6.74. The summed E-state index contributed by atoms with van der Waals surface area (Å²) in [5.41, 5.74) is 5.33. The van der Waals surface area contributed by atoms with Crippen LogP contribution in [0.5, 0.6) is 0 Å². The molecule has 0 saturated heterocycles. The Morgan fingerprint density at radius 2 is 1.05 bits per heavy atom. The highest BCUT2D eigenvalue weighted by Gasteiger charge is 2.21. The SMILES string of the molecule is CCOC(=O)CCN(Cc1ccccc1)c1nc(-c2ccc(Cl)c(Cl)c2)c(CO)s1.CCOC(=O)CCN(Cc1ccccc1)c1nc(-c2ccc(Cl)c(Cl)c2)c(COC)s1. The van der Waals surface area contributed by atoms with E-state index in [9.17, 15) is 14.7 Å². The lowest BCUT2D eigenvalue weighted by atomic mass is 10.1. The Labute approximate surface area is 384 Å². The molecule has 0 atom stereocenters. The Hall–Kier alpha value is -4.24. The molecule has 0 saturated carbocycles. The summed E-state index contributed by atoms with van der Waals surface area (Å²) in [6.07, 6.45) is 0.527. The number of ether oxygens (including phenoxy) is 3. The Morgan fingerprint density at radius 1 is 0.623 bits per heavy atom. The lowest BCUT2D eigenvalue weighted by Gasteiger charge is -2.21. The van der Waals surface area contributed by atoms with E-state index in [0.29, 0.717) is 76.9 Å². The molecule has 10 nitrogen and oxygen atoms in total. The van der Waals surface area contributed by atoms with Crippen LogP contribution in [0.4, 0.5) is 10.3 Å². The number of rotatable bonds is 19. The molecule has 4 aromatic carbocycles. The highest BCUT2D eigenvalue weighted by molar-refractivity contribution is 7.16. The van der Waals surface area contributed by atoms with Crippen molar-refractivity contribution in [2.24, 2.45) is 0 Å². The number of halogens is 4. The van der Waals surface area contributed by atoms with Crippen molar-refractivity contribution in [1.29, 1.82) is 0 Å². The smallest absolute Gasteiger partial charge is 0.307 e. The van der Waals surface area contributed by atoms with Crippen molar-refractivity contribution in [3.05, 3.63) is 138 Å². The van der Waals surface area contributed by atoms with Crippen molar-refractivity contribution >= 4 is 91.3 Å². The van der Waals surface area contributed by atoms with E-state index in [-0.39, 0.29) is 31.4 Å². The van der Waals surface area contributed by atoms with Crippen LogP contribution in [0.1, 0.15) is 47.6 Å². The second-order valence-corrected chi connectivity index (χ2v) is 17.1. The molecule has 6 rings (SSSR count). The average molecular weight is 945 g/mol. The quantitative estimate of drug-likeness (QED) is 0.0787. The first-order valence-corrected chi connectivity index (χ1v) is 22.6. The maximum absolute atomic E-state index is 12.0. The van der Waals surface area contributed by atoms with Gasteiger partial charge in [0, 0.05) is 44.4 Å². The number of hydrogen-bond donors (Lipinski definition) is 1. The minimum Gasteiger partial charge on any atom is -0.466 e. The van der Waals surface area contributed by atoms with E-state index in [2.05, 4.69) is 17.0 Å². The third-order valence-corrected chi connectivity index (χ3v) is 12.6. The van der Waals surface area contributed by atoms with Crippen molar-refractivity contribution in [2.45, 2.75) is 53.0 Å². The molecule has 1 N–H and O–H groups in total. The van der Waals surface area contributed by atoms with E-state index in [4.69, 9.17) is 70.6 Å². The lowest BCUT2D eigenvalue weighted by Crippen LogP contribution is -2.26. The monoisotopic (exact) mass is 942 g/mol. The maximum Gasteiger partial charge on any atom is 0.307 e. The molecule has 322 valence electrons. The fourth-order valence-corrected chi connectivity index (χ4v) is 8.68. The van der Waals surface area contributed by atoms with E-state index in [1.807, 2.05) is 71.6 Å². The summed E-state index contributed by atoms with van der Waals surface area (Å²) in [7, 11) is 1.65. The first-order chi connectivity index (χ1) is 29.5. The molecular formula is C45H46Cl4N4O6S2. The summed E-state index contributed by atoms with van der Waals surface area (Å²) in [4.78, 5) is 39.4. The van der Waals surface area contributed by atoms with Gasteiger partial charge in [0.1, 0.15) is 0 Å². The zero-order chi connectivity index (χ0) is 43.7. The zero-order valence-electron chi connectivity index (χ0n) is 33.9. The fraction of sp³-hybridized carbons (Fsp3) is 0.289. The highest BCUT2D eigenvalue weighted by Crippen LogP contribution is 2.38. The van der Waals surface area contributed by atoms with Gasteiger partial charge in [0.2, 0.25) is 0 Å². The summed E-state index contributed by atoms with van der Waals surface area (Å²) >= 11 is 27.5. The largest absolute Gasteiger partial charge is 0.466 e. The predicted octanol–water partition coefficient (Wildman–Crippen LogP) is 11.8. The van der Waals surface area contributed by atoms with Crippen molar-refractivity contribution in [3.63, 3.8) is 0 Å². The van der Waals surface area contributed by atoms with Crippen molar-refractivity contribution in [3.8, 4) is 22.5 Å². The molecule has 16 heteroatoms. The number of anilines is 2. The third-order valence-electron chi connectivity index (χ3n) is 8.93. The number of aliphatic hydroxyl groups excluding tert-OH is 1. The normalized spacial score (nSPS) is 10.8. The van der Waals surface area contributed by atoms with Gasteiger partial charge in [0.15, 0.2) is 10.3 Å². The molecule has 0 spiro atoms. The van der Waals surface area contributed by atoms with Crippen LogP contribution in [0.3, 0.4) is 0 Å². The minimum absolute atomic E-state index is 0.149.